The number of para-hydroxylation sites is 3. The molecule has 0 radical (unpaired) electrons. The van der Waals surface area contributed by atoms with Gasteiger partial charge in [-0.15, -0.1) is 0 Å². The van der Waals surface area contributed by atoms with Crippen molar-refractivity contribution in [2.24, 2.45) is 0 Å². The van der Waals surface area contributed by atoms with Gasteiger partial charge in [0.15, 0.2) is 0 Å². The molecule has 1 amide bonds. The number of nitrogens with zero attached hydrogens (tertiary/aromatic N) is 3. The van der Waals surface area contributed by atoms with Crippen LogP contribution in [-0.4, -0.2) is 33.4 Å². The number of rotatable bonds is 4. The molecular formula is C20H21N3O. The standard InChI is InChI=1S/C20H21N3O/c24-20(22-14-6-7-15-22)13-12-19-21-17-10-4-5-11-18(17)23(19)16-8-2-1-3-9-16/h1-5,8-11H,6-7,12-15H2. The molecule has 4 rings (SSSR count). The Morgan fingerprint density at radius 1 is 0.958 bits per heavy atom. The van der Waals surface area contributed by atoms with E-state index in [4.69, 9.17) is 4.98 Å². The molecule has 0 N–H and O–H groups in total. The molecule has 3 aromatic rings. The zero-order valence-electron chi connectivity index (χ0n) is 13.7. The molecular weight excluding hydrogens is 298 g/mol. The van der Waals surface area contributed by atoms with E-state index >= 15 is 0 Å². The summed E-state index contributed by atoms with van der Waals surface area (Å²) in [6, 6.07) is 18.4. The van der Waals surface area contributed by atoms with Crippen molar-refractivity contribution < 1.29 is 4.79 Å². The molecule has 2 heterocycles. The van der Waals surface area contributed by atoms with E-state index < -0.39 is 0 Å². The van der Waals surface area contributed by atoms with Gasteiger partial charge in [-0.3, -0.25) is 9.36 Å². The second-order valence-corrected chi connectivity index (χ2v) is 6.28. The van der Waals surface area contributed by atoms with Crippen LogP contribution in [0.2, 0.25) is 0 Å². The van der Waals surface area contributed by atoms with Crippen LogP contribution in [0, 0.1) is 0 Å². The van der Waals surface area contributed by atoms with Gasteiger partial charge in [0.05, 0.1) is 11.0 Å². The number of amides is 1. The minimum atomic E-state index is 0.249. The molecule has 1 aliphatic rings. The van der Waals surface area contributed by atoms with Gasteiger partial charge in [0, 0.05) is 31.6 Å². The van der Waals surface area contributed by atoms with Crippen molar-refractivity contribution in [3.63, 3.8) is 0 Å². The highest BCUT2D eigenvalue weighted by Crippen LogP contribution is 2.22. The lowest BCUT2D eigenvalue weighted by molar-refractivity contribution is -0.130. The summed E-state index contributed by atoms with van der Waals surface area (Å²) in [4.78, 5) is 19.1. The number of hydrogen-bond acceptors (Lipinski definition) is 2. The van der Waals surface area contributed by atoms with Crippen LogP contribution in [0.3, 0.4) is 0 Å². The van der Waals surface area contributed by atoms with Gasteiger partial charge in [-0.1, -0.05) is 30.3 Å². The van der Waals surface area contributed by atoms with Crippen LogP contribution in [0.25, 0.3) is 16.7 Å². The van der Waals surface area contributed by atoms with E-state index in [9.17, 15) is 4.79 Å². The number of fused-ring (bicyclic) bond motifs is 1. The monoisotopic (exact) mass is 319 g/mol. The molecule has 122 valence electrons. The molecule has 1 saturated heterocycles. The smallest absolute Gasteiger partial charge is 0.223 e. The number of carbonyl (C=O) groups excluding carboxylic acids is 1. The first-order chi connectivity index (χ1) is 11.8. The summed E-state index contributed by atoms with van der Waals surface area (Å²) in [7, 11) is 0. The fourth-order valence-corrected chi connectivity index (χ4v) is 3.45. The third kappa shape index (κ3) is 2.80. The normalized spacial score (nSPS) is 14.4. The molecule has 4 heteroatoms. The van der Waals surface area contributed by atoms with E-state index in [1.165, 1.54) is 0 Å². The molecule has 1 fully saturated rings. The van der Waals surface area contributed by atoms with Crippen molar-refractivity contribution in [2.45, 2.75) is 25.7 Å². The lowest BCUT2D eigenvalue weighted by Crippen LogP contribution is -2.28. The number of imidazole rings is 1. The van der Waals surface area contributed by atoms with Gasteiger partial charge in [0.2, 0.25) is 5.91 Å². The van der Waals surface area contributed by atoms with Crippen molar-refractivity contribution in [1.29, 1.82) is 0 Å². The van der Waals surface area contributed by atoms with Gasteiger partial charge >= 0.3 is 0 Å². The molecule has 1 aromatic heterocycles. The Kier molecular flexibility index (Phi) is 4.03. The zero-order chi connectivity index (χ0) is 16.4. The Labute approximate surface area is 141 Å². The summed E-state index contributed by atoms with van der Waals surface area (Å²) >= 11 is 0. The Hall–Kier alpha value is -2.62. The Bertz CT molecular complexity index is 848. The molecule has 0 saturated carbocycles. The number of hydrogen-bond donors (Lipinski definition) is 0. The Morgan fingerprint density at radius 3 is 2.46 bits per heavy atom. The average molecular weight is 319 g/mol. The summed E-state index contributed by atoms with van der Waals surface area (Å²) in [6.45, 7) is 1.82. The van der Waals surface area contributed by atoms with Crippen molar-refractivity contribution in [1.82, 2.24) is 14.5 Å². The molecule has 0 unspecified atom stereocenters. The first-order valence-corrected chi connectivity index (χ1v) is 8.62. The maximum atomic E-state index is 12.4. The maximum absolute atomic E-state index is 12.4. The summed E-state index contributed by atoms with van der Waals surface area (Å²) < 4.78 is 2.17. The quantitative estimate of drug-likeness (QED) is 0.737. The van der Waals surface area contributed by atoms with Crippen LogP contribution in [0.5, 0.6) is 0 Å². The fraction of sp³-hybridized carbons (Fsp3) is 0.300. The molecule has 2 aromatic carbocycles. The average Bonchev–Trinajstić information content (AvgIpc) is 3.28. The van der Waals surface area contributed by atoms with Gasteiger partial charge in [0.1, 0.15) is 5.82 Å². The minimum absolute atomic E-state index is 0.249. The molecule has 4 nitrogen and oxygen atoms in total. The second-order valence-electron chi connectivity index (χ2n) is 6.28. The first kappa shape index (κ1) is 14.9. The van der Waals surface area contributed by atoms with Gasteiger partial charge in [-0.05, 0) is 37.1 Å². The highest BCUT2D eigenvalue weighted by atomic mass is 16.2. The van der Waals surface area contributed by atoms with E-state index in [0.29, 0.717) is 12.8 Å². The van der Waals surface area contributed by atoms with Gasteiger partial charge in [-0.25, -0.2) is 4.98 Å². The zero-order valence-corrected chi connectivity index (χ0v) is 13.7. The third-order valence-corrected chi connectivity index (χ3v) is 4.67. The van der Waals surface area contributed by atoms with Crippen molar-refractivity contribution in [2.75, 3.05) is 13.1 Å². The van der Waals surface area contributed by atoms with E-state index in [2.05, 4.69) is 22.8 Å². The highest BCUT2D eigenvalue weighted by molar-refractivity contribution is 5.79. The van der Waals surface area contributed by atoms with E-state index in [1.807, 2.05) is 41.3 Å². The molecule has 0 atom stereocenters. The topological polar surface area (TPSA) is 38.1 Å². The Morgan fingerprint density at radius 2 is 1.67 bits per heavy atom. The van der Waals surface area contributed by atoms with Crippen LogP contribution < -0.4 is 0 Å². The van der Waals surface area contributed by atoms with Gasteiger partial charge in [-0.2, -0.15) is 0 Å². The molecule has 0 bridgehead atoms. The van der Waals surface area contributed by atoms with Crippen LogP contribution in [0.1, 0.15) is 25.1 Å². The second kappa shape index (κ2) is 6.48. The lowest BCUT2D eigenvalue weighted by atomic mass is 10.2. The van der Waals surface area contributed by atoms with Crippen LogP contribution in [0.15, 0.2) is 54.6 Å². The summed E-state index contributed by atoms with van der Waals surface area (Å²) in [5.74, 6) is 1.20. The maximum Gasteiger partial charge on any atom is 0.223 e. The number of aryl methyl sites for hydroxylation is 1. The molecule has 0 spiro atoms. The summed E-state index contributed by atoms with van der Waals surface area (Å²) in [5, 5.41) is 0. The van der Waals surface area contributed by atoms with Crippen LogP contribution in [-0.2, 0) is 11.2 Å². The third-order valence-electron chi connectivity index (χ3n) is 4.67. The predicted molar refractivity (Wildman–Crippen MR) is 95.2 cm³/mol. The SMILES string of the molecule is O=C(CCc1nc2ccccc2n1-c1ccccc1)N1CCCC1. The summed E-state index contributed by atoms with van der Waals surface area (Å²) in [5.41, 5.74) is 3.16. The van der Waals surface area contributed by atoms with Crippen molar-refractivity contribution in [3.8, 4) is 5.69 Å². The molecule has 24 heavy (non-hydrogen) atoms. The number of likely N-dealkylation sites (tertiary alicyclic amines) is 1. The van der Waals surface area contributed by atoms with E-state index in [1.54, 1.807) is 0 Å². The fourth-order valence-electron chi connectivity index (χ4n) is 3.45. The summed E-state index contributed by atoms with van der Waals surface area (Å²) in [6.07, 6.45) is 3.46. The van der Waals surface area contributed by atoms with E-state index in [0.717, 1.165) is 48.5 Å². The van der Waals surface area contributed by atoms with Gasteiger partial charge in [0.25, 0.3) is 0 Å². The predicted octanol–water partition coefficient (Wildman–Crippen LogP) is 3.58. The lowest BCUT2D eigenvalue weighted by Gasteiger charge is -2.15. The first-order valence-electron chi connectivity index (χ1n) is 8.62. The van der Waals surface area contributed by atoms with Crippen molar-refractivity contribution in [3.05, 3.63) is 60.4 Å². The highest BCUT2D eigenvalue weighted by Gasteiger charge is 2.19. The van der Waals surface area contributed by atoms with Crippen molar-refractivity contribution >= 4 is 16.9 Å². The number of aromatic nitrogens is 2. The van der Waals surface area contributed by atoms with E-state index in [-0.39, 0.29) is 5.91 Å². The minimum Gasteiger partial charge on any atom is -0.343 e. The van der Waals surface area contributed by atoms with Crippen LogP contribution in [0.4, 0.5) is 0 Å². The molecule has 1 aliphatic heterocycles. The number of carbonyl (C=O) groups is 1. The van der Waals surface area contributed by atoms with Gasteiger partial charge < -0.3 is 4.90 Å². The molecule has 0 aliphatic carbocycles. The largest absolute Gasteiger partial charge is 0.343 e. The number of benzene rings is 2. The van der Waals surface area contributed by atoms with Crippen LogP contribution >= 0.6 is 0 Å². The Balaban J connectivity index is 1.66.